The van der Waals surface area contributed by atoms with Crippen molar-refractivity contribution in [1.82, 2.24) is 5.32 Å². The predicted molar refractivity (Wildman–Crippen MR) is 105 cm³/mol. The van der Waals surface area contributed by atoms with Crippen LogP contribution in [0.25, 0.3) is 0 Å². The minimum absolute atomic E-state index is 0.0864. The van der Waals surface area contributed by atoms with E-state index in [1.54, 1.807) is 24.3 Å². The maximum atomic E-state index is 12.4. The summed E-state index contributed by atoms with van der Waals surface area (Å²) in [5.41, 5.74) is 0.468. The Balaban J connectivity index is 1.97. The maximum absolute atomic E-state index is 12.4. The van der Waals surface area contributed by atoms with Crippen molar-refractivity contribution in [3.63, 3.8) is 0 Å². The molecule has 0 spiro atoms. The second-order valence-electron chi connectivity index (χ2n) is 5.75. The lowest BCUT2D eigenvalue weighted by Crippen LogP contribution is -2.35. The van der Waals surface area contributed by atoms with Gasteiger partial charge in [-0.2, -0.15) is 0 Å². The molecule has 0 radical (unpaired) electrons. The van der Waals surface area contributed by atoms with Crippen molar-refractivity contribution >= 4 is 37.5 Å². The van der Waals surface area contributed by atoms with Gasteiger partial charge in [-0.25, -0.2) is 8.42 Å². The van der Waals surface area contributed by atoms with Crippen molar-refractivity contribution < 1.29 is 17.9 Å². The van der Waals surface area contributed by atoms with E-state index in [2.05, 4.69) is 26.0 Å². The zero-order valence-electron chi connectivity index (χ0n) is 14.5. The smallest absolute Gasteiger partial charge is 0.261 e. The van der Waals surface area contributed by atoms with Crippen molar-refractivity contribution in [2.24, 2.45) is 0 Å². The van der Waals surface area contributed by atoms with E-state index in [1.807, 2.05) is 13.8 Å². The fourth-order valence-electron chi connectivity index (χ4n) is 2.01. The van der Waals surface area contributed by atoms with Gasteiger partial charge >= 0.3 is 0 Å². The minimum atomic E-state index is -3.69. The van der Waals surface area contributed by atoms with Gasteiger partial charge < -0.3 is 10.1 Å². The molecule has 0 bridgehead atoms. The molecule has 1 amide bonds. The number of ether oxygens (including phenoxy) is 1. The van der Waals surface area contributed by atoms with E-state index in [9.17, 15) is 13.2 Å². The average Bonchev–Trinajstić information content (AvgIpc) is 2.62. The number of nitrogens with one attached hydrogen (secondary N) is 2. The number of hydrogen-bond acceptors (Lipinski definition) is 4. The molecule has 0 aliphatic rings. The van der Waals surface area contributed by atoms with Crippen LogP contribution in [-0.2, 0) is 14.8 Å². The Bertz CT molecular complexity index is 836. The second-order valence-corrected chi connectivity index (χ2v) is 8.35. The van der Waals surface area contributed by atoms with Gasteiger partial charge in [-0.1, -0.05) is 22.9 Å². The standard InChI is InChI=1S/C18H21BrN2O4S/c1-3-13(2)20-18(22)12-25-16-8-10-17(11-9-16)26(23,24)21-15-6-4-14(19)5-7-15/h4-11,13,21H,3,12H2,1-2H3,(H,20,22)/t13-/m0/s1. The zero-order valence-corrected chi connectivity index (χ0v) is 16.9. The molecule has 6 nitrogen and oxygen atoms in total. The van der Waals surface area contributed by atoms with Crippen molar-refractivity contribution in [2.45, 2.75) is 31.2 Å². The number of hydrogen-bond donors (Lipinski definition) is 2. The lowest BCUT2D eigenvalue weighted by Gasteiger charge is -2.12. The van der Waals surface area contributed by atoms with Crippen molar-refractivity contribution in [3.8, 4) is 5.75 Å². The second kappa shape index (κ2) is 9.05. The van der Waals surface area contributed by atoms with E-state index < -0.39 is 10.0 Å². The highest BCUT2D eigenvalue weighted by atomic mass is 79.9. The molecule has 0 saturated heterocycles. The quantitative estimate of drug-likeness (QED) is 0.657. The summed E-state index contributed by atoms with van der Waals surface area (Å²) in [5.74, 6) is 0.208. The summed E-state index contributed by atoms with van der Waals surface area (Å²) >= 11 is 3.30. The number of carbonyl (C=O) groups excluding carboxylic acids is 1. The number of amides is 1. The normalized spacial score (nSPS) is 12.3. The summed E-state index contributed by atoms with van der Waals surface area (Å²) in [4.78, 5) is 11.8. The first-order chi connectivity index (χ1) is 12.3. The number of anilines is 1. The molecule has 0 unspecified atom stereocenters. The first-order valence-corrected chi connectivity index (χ1v) is 10.4. The molecular weight excluding hydrogens is 420 g/mol. The number of benzene rings is 2. The van der Waals surface area contributed by atoms with Crippen LogP contribution < -0.4 is 14.8 Å². The summed E-state index contributed by atoms with van der Waals surface area (Å²) in [7, 11) is -3.69. The van der Waals surface area contributed by atoms with Crippen LogP contribution in [0, 0.1) is 0 Å². The Kier molecular flexibility index (Phi) is 7.05. The van der Waals surface area contributed by atoms with Crippen LogP contribution in [0.4, 0.5) is 5.69 Å². The van der Waals surface area contributed by atoms with Crippen molar-refractivity contribution in [3.05, 3.63) is 53.0 Å². The van der Waals surface area contributed by atoms with Gasteiger partial charge in [0.15, 0.2) is 6.61 Å². The fraction of sp³-hybridized carbons (Fsp3) is 0.278. The van der Waals surface area contributed by atoms with Gasteiger partial charge in [-0.15, -0.1) is 0 Å². The van der Waals surface area contributed by atoms with Crippen molar-refractivity contribution in [2.75, 3.05) is 11.3 Å². The molecule has 2 aromatic rings. The molecule has 26 heavy (non-hydrogen) atoms. The molecule has 0 aliphatic carbocycles. The van der Waals surface area contributed by atoms with E-state index in [1.165, 1.54) is 24.3 Å². The van der Waals surface area contributed by atoms with E-state index in [0.717, 1.165) is 10.9 Å². The molecular formula is C18H21BrN2O4S. The molecule has 0 heterocycles. The van der Waals surface area contributed by atoms with Crippen LogP contribution in [0.3, 0.4) is 0 Å². The molecule has 0 fully saturated rings. The molecule has 2 aromatic carbocycles. The third-order valence-electron chi connectivity index (χ3n) is 3.62. The summed E-state index contributed by atoms with van der Waals surface area (Å²) in [5, 5.41) is 2.79. The molecule has 2 N–H and O–H groups in total. The highest BCUT2D eigenvalue weighted by Crippen LogP contribution is 2.20. The number of carbonyl (C=O) groups is 1. The lowest BCUT2D eigenvalue weighted by atomic mass is 10.2. The SMILES string of the molecule is CC[C@H](C)NC(=O)COc1ccc(S(=O)(=O)Nc2ccc(Br)cc2)cc1. The summed E-state index contributed by atoms with van der Waals surface area (Å²) in [6, 6.07) is 12.8. The summed E-state index contributed by atoms with van der Waals surface area (Å²) < 4.78 is 33.5. The third-order valence-corrected chi connectivity index (χ3v) is 5.55. The molecule has 0 aliphatic heterocycles. The van der Waals surface area contributed by atoms with E-state index in [0.29, 0.717) is 11.4 Å². The molecule has 1 atom stereocenters. The van der Waals surface area contributed by atoms with Crippen molar-refractivity contribution in [1.29, 1.82) is 0 Å². The van der Waals surface area contributed by atoms with Crippen LogP contribution in [0.2, 0.25) is 0 Å². The Labute approximate surface area is 162 Å². The molecule has 0 saturated carbocycles. The topological polar surface area (TPSA) is 84.5 Å². The molecule has 8 heteroatoms. The fourth-order valence-corrected chi connectivity index (χ4v) is 3.34. The van der Waals surface area contributed by atoms with Crippen LogP contribution in [0.5, 0.6) is 5.75 Å². The van der Waals surface area contributed by atoms with Crippen LogP contribution >= 0.6 is 15.9 Å². The minimum Gasteiger partial charge on any atom is -0.484 e. The van der Waals surface area contributed by atoms with Gasteiger partial charge in [0, 0.05) is 16.2 Å². The average molecular weight is 441 g/mol. The lowest BCUT2D eigenvalue weighted by molar-refractivity contribution is -0.123. The van der Waals surface area contributed by atoms with Crippen LogP contribution in [-0.4, -0.2) is 27.0 Å². The van der Waals surface area contributed by atoms with Gasteiger partial charge in [0.05, 0.1) is 4.90 Å². The first kappa shape index (κ1) is 20.3. The Morgan fingerprint density at radius 3 is 2.31 bits per heavy atom. The van der Waals surface area contributed by atoms with Crippen LogP contribution in [0.15, 0.2) is 57.9 Å². The van der Waals surface area contributed by atoms with E-state index in [4.69, 9.17) is 4.74 Å². The Morgan fingerprint density at radius 1 is 1.12 bits per heavy atom. The van der Waals surface area contributed by atoms with Gasteiger partial charge in [0.2, 0.25) is 0 Å². The van der Waals surface area contributed by atoms with Gasteiger partial charge in [0.1, 0.15) is 5.75 Å². The third kappa shape index (κ3) is 6.03. The molecule has 140 valence electrons. The Hall–Kier alpha value is -2.06. The number of sulfonamides is 1. The predicted octanol–water partition coefficient (Wildman–Crippen LogP) is 3.54. The first-order valence-electron chi connectivity index (χ1n) is 8.11. The number of rotatable bonds is 8. The monoisotopic (exact) mass is 440 g/mol. The zero-order chi connectivity index (χ0) is 19.2. The van der Waals surface area contributed by atoms with E-state index >= 15 is 0 Å². The molecule has 2 rings (SSSR count). The van der Waals surface area contributed by atoms with E-state index in [-0.39, 0.29) is 23.5 Å². The molecule has 0 aromatic heterocycles. The van der Waals surface area contributed by atoms with Gasteiger partial charge in [-0.3, -0.25) is 9.52 Å². The van der Waals surface area contributed by atoms with Gasteiger partial charge in [-0.05, 0) is 61.9 Å². The number of halogens is 1. The van der Waals surface area contributed by atoms with Crippen LogP contribution in [0.1, 0.15) is 20.3 Å². The highest BCUT2D eigenvalue weighted by molar-refractivity contribution is 9.10. The summed E-state index contributed by atoms with van der Waals surface area (Å²) in [6.07, 6.45) is 0.837. The van der Waals surface area contributed by atoms with Gasteiger partial charge in [0.25, 0.3) is 15.9 Å². The largest absolute Gasteiger partial charge is 0.484 e. The summed E-state index contributed by atoms with van der Waals surface area (Å²) in [6.45, 7) is 3.77. The maximum Gasteiger partial charge on any atom is 0.261 e. The highest BCUT2D eigenvalue weighted by Gasteiger charge is 2.14. The Morgan fingerprint density at radius 2 is 1.73 bits per heavy atom.